The number of ether oxygens (including phenoxy) is 2. The van der Waals surface area contributed by atoms with Crippen molar-refractivity contribution in [3.05, 3.63) is 58.6 Å². The lowest BCUT2D eigenvalue weighted by molar-refractivity contribution is -0.0531. The van der Waals surface area contributed by atoms with Crippen LogP contribution in [0.25, 0.3) is 0 Å². The van der Waals surface area contributed by atoms with Gasteiger partial charge in [0.15, 0.2) is 0 Å². The van der Waals surface area contributed by atoms with Crippen LogP contribution in [0.1, 0.15) is 23.0 Å². The van der Waals surface area contributed by atoms with Crippen molar-refractivity contribution in [2.24, 2.45) is 0 Å². The number of aromatic nitrogens is 2. The van der Waals surface area contributed by atoms with Gasteiger partial charge in [-0.15, -0.1) is 0 Å². The zero-order valence-electron chi connectivity index (χ0n) is 12.7. The van der Waals surface area contributed by atoms with E-state index in [0.29, 0.717) is 5.56 Å². The number of anilines is 1. The lowest BCUT2D eigenvalue weighted by Gasteiger charge is -2.16. The van der Waals surface area contributed by atoms with Crippen LogP contribution in [0.5, 0.6) is 0 Å². The molecule has 3 atom stereocenters. The van der Waals surface area contributed by atoms with E-state index in [1.807, 2.05) is 0 Å². The van der Waals surface area contributed by atoms with Gasteiger partial charge in [0.05, 0.1) is 11.7 Å². The van der Waals surface area contributed by atoms with Gasteiger partial charge in [-0.25, -0.2) is 9.59 Å². The van der Waals surface area contributed by atoms with Crippen molar-refractivity contribution in [3.8, 4) is 0 Å². The van der Waals surface area contributed by atoms with E-state index in [1.54, 1.807) is 30.3 Å². The molecule has 2 heterocycles. The molecule has 0 aliphatic carbocycles. The maximum atomic E-state index is 11.9. The molecule has 3 rings (SSSR count). The van der Waals surface area contributed by atoms with Crippen LogP contribution < -0.4 is 11.4 Å². The van der Waals surface area contributed by atoms with E-state index in [9.17, 15) is 14.7 Å². The van der Waals surface area contributed by atoms with Crippen molar-refractivity contribution >= 4 is 11.8 Å². The number of nitrogen functional groups attached to an aromatic ring is 1. The summed E-state index contributed by atoms with van der Waals surface area (Å²) in [5, 5.41) is 10.1. The van der Waals surface area contributed by atoms with Gasteiger partial charge in [0, 0.05) is 12.6 Å². The number of aliphatic hydroxyl groups is 1. The van der Waals surface area contributed by atoms with Crippen molar-refractivity contribution in [1.82, 2.24) is 9.55 Å². The predicted molar refractivity (Wildman–Crippen MR) is 84.2 cm³/mol. The summed E-state index contributed by atoms with van der Waals surface area (Å²) in [6.45, 7) is -0.109. The number of carbonyl (C=O) groups is 1. The molecule has 126 valence electrons. The summed E-state index contributed by atoms with van der Waals surface area (Å²) >= 11 is 0. The van der Waals surface area contributed by atoms with Crippen molar-refractivity contribution in [1.29, 1.82) is 0 Å². The van der Waals surface area contributed by atoms with E-state index in [1.165, 1.54) is 16.8 Å². The lowest BCUT2D eigenvalue weighted by Crippen LogP contribution is -2.29. The fourth-order valence-corrected chi connectivity index (χ4v) is 2.50. The number of aliphatic hydroxyl groups excluding tert-OH is 1. The highest BCUT2D eigenvalue weighted by Crippen LogP contribution is 2.28. The SMILES string of the molecule is Nc1ccn([C@@H]2C[C@H](O)[C@H](COC(=O)c3ccccc3)O2)c(=O)n1. The average Bonchev–Trinajstić information content (AvgIpc) is 2.94. The van der Waals surface area contributed by atoms with Crippen molar-refractivity contribution in [2.45, 2.75) is 24.9 Å². The molecule has 1 aliphatic rings. The molecule has 0 bridgehead atoms. The Morgan fingerprint density at radius 1 is 1.38 bits per heavy atom. The second-order valence-electron chi connectivity index (χ2n) is 5.44. The van der Waals surface area contributed by atoms with E-state index >= 15 is 0 Å². The average molecular weight is 331 g/mol. The highest BCUT2D eigenvalue weighted by molar-refractivity contribution is 5.89. The van der Waals surface area contributed by atoms with Crippen LogP contribution in [0.2, 0.25) is 0 Å². The zero-order valence-corrected chi connectivity index (χ0v) is 12.7. The minimum Gasteiger partial charge on any atom is -0.459 e. The Labute approximate surface area is 137 Å². The molecule has 0 unspecified atom stereocenters. The molecule has 0 radical (unpaired) electrons. The van der Waals surface area contributed by atoms with E-state index < -0.39 is 30.1 Å². The first kappa shape index (κ1) is 16.2. The predicted octanol–water partition coefficient (Wildman–Crippen LogP) is 0.331. The molecule has 1 fully saturated rings. The van der Waals surface area contributed by atoms with Gasteiger partial charge in [0.2, 0.25) is 0 Å². The monoisotopic (exact) mass is 331 g/mol. The summed E-state index contributed by atoms with van der Waals surface area (Å²) in [5.74, 6) is -0.385. The Balaban J connectivity index is 1.62. The normalized spacial score (nSPS) is 23.1. The molecule has 24 heavy (non-hydrogen) atoms. The number of hydrogen-bond acceptors (Lipinski definition) is 7. The Hall–Kier alpha value is -2.71. The Bertz CT molecular complexity index is 777. The van der Waals surface area contributed by atoms with E-state index in [-0.39, 0.29) is 18.8 Å². The first-order valence-corrected chi connectivity index (χ1v) is 7.45. The quantitative estimate of drug-likeness (QED) is 0.775. The molecule has 1 aromatic carbocycles. The standard InChI is InChI=1S/C16H17N3O5/c17-13-6-7-19(16(22)18-13)14-8-11(20)12(24-14)9-23-15(21)10-4-2-1-3-5-10/h1-7,11-12,14,20H,8-9H2,(H2,17,18,22)/t11-,12-,14-/m0/s1. The number of benzene rings is 1. The molecule has 8 nitrogen and oxygen atoms in total. The lowest BCUT2D eigenvalue weighted by atomic mass is 10.2. The minimum absolute atomic E-state index is 0.109. The van der Waals surface area contributed by atoms with Crippen LogP contribution in [-0.2, 0) is 9.47 Å². The summed E-state index contributed by atoms with van der Waals surface area (Å²) in [5.41, 5.74) is 5.30. The molecule has 2 aromatic rings. The fraction of sp³-hybridized carbons (Fsp3) is 0.312. The Morgan fingerprint density at radius 2 is 2.12 bits per heavy atom. The first-order valence-electron chi connectivity index (χ1n) is 7.45. The third-order valence-electron chi connectivity index (χ3n) is 3.75. The second-order valence-corrected chi connectivity index (χ2v) is 5.44. The third kappa shape index (κ3) is 3.44. The summed E-state index contributed by atoms with van der Waals surface area (Å²) < 4.78 is 12.0. The molecule has 1 aliphatic heterocycles. The summed E-state index contributed by atoms with van der Waals surface area (Å²) in [6.07, 6.45) is -0.601. The van der Waals surface area contributed by atoms with Crippen molar-refractivity contribution in [3.63, 3.8) is 0 Å². The number of rotatable bonds is 4. The largest absolute Gasteiger partial charge is 0.459 e. The van der Waals surface area contributed by atoms with Gasteiger partial charge in [-0.1, -0.05) is 18.2 Å². The molecular weight excluding hydrogens is 314 g/mol. The van der Waals surface area contributed by atoms with E-state index in [2.05, 4.69) is 4.98 Å². The number of nitrogens with two attached hydrogens (primary N) is 1. The van der Waals surface area contributed by atoms with E-state index in [0.717, 1.165) is 0 Å². The molecule has 0 spiro atoms. The van der Waals surface area contributed by atoms with Crippen LogP contribution in [0.4, 0.5) is 5.82 Å². The molecular formula is C16H17N3O5. The maximum Gasteiger partial charge on any atom is 0.351 e. The molecule has 0 amide bonds. The highest BCUT2D eigenvalue weighted by atomic mass is 16.6. The third-order valence-corrected chi connectivity index (χ3v) is 3.75. The number of nitrogens with zero attached hydrogens (tertiary/aromatic N) is 2. The summed E-state index contributed by atoms with van der Waals surface area (Å²) in [6, 6.07) is 10.00. The van der Waals surface area contributed by atoms with Gasteiger partial charge in [-0.3, -0.25) is 4.57 Å². The zero-order chi connectivity index (χ0) is 17.1. The fourth-order valence-electron chi connectivity index (χ4n) is 2.50. The van der Waals surface area contributed by atoms with Gasteiger partial charge in [-0.05, 0) is 18.2 Å². The minimum atomic E-state index is -0.858. The summed E-state index contributed by atoms with van der Waals surface area (Å²) in [7, 11) is 0. The van der Waals surface area contributed by atoms with E-state index in [4.69, 9.17) is 15.2 Å². The van der Waals surface area contributed by atoms with Gasteiger partial charge in [-0.2, -0.15) is 4.98 Å². The van der Waals surface area contributed by atoms with Crippen LogP contribution in [-0.4, -0.2) is 39.4 Å². The molecule has 1 aromatic heterocycles. The molecule has 0 saturated carbocycles. The smallest absolute Gasteiger partial charge is 0.351 e. The molecule has 1 saturated heterocycles. The topological polar surface area (TPSA) is 117 Å². The highest BCUT2D eigenvalue weighted by Gasteiger charge is 2.36. The maximum absolute atomic E-state index is 11.9. The van der Waals surface area contributed by atoms with Gasteiger partial charge >= 0.3 is 11.7 Å². The van der Waals surface area contributed by atoms with Crippen LogP contribution in [0.15, 0.2) is 47.4 Å². The van der Waals surface area contributed by atoms with Crippen LogP contribution >= 0.6 is 0 Å². The summed E-state index contributed by atoms with van der Waals surface area (Å²) in [4.78, 5) is 27.3. The Morgan fingerprint density at radius 3 is 2.83 bits per heavy atom. The van der Waals surface area contributed by atoms with Crippen LogP contribution in [0.3, 0.4) is 0 Å². The number of carbonyl (C=O) groups excluding carboxylic acids is 1. The molecule has 3 N–H and O–H groups in total. The number of esters is 1. The Kier molecular flexibility index (Phi) is 4.59. The first-order chi connectivity index (χ1) is 11.5. The molecule has 8 heteroatoms. The second kappa shape index (κ2) is 6.81. The van der Waals surface area contributed by atoms with Crippen molar-refractivity contribution < 1.29 is 19.4 Å². The number of hydrogen-bond donors (Lipinski definition) is 2. The van der Waals surface area contributed by atoms with Crippen molar-refractivity contribution in [2.75, 3.05) is 12.3 Å². The van der Waals surface area contributed by atoms with Gasteiger partial charge in [0.25, 0.3) is 0 Å². The van der Waals surface area contributed by atoms with Gasteiger partial charge < -0.3 is 20.3 Å². The van der Waals surface area contributed by atoms with Gasteiger partial charge in [0.1, 0.15) is 24.8 Å². The van der Waals surface area contributed by atoms with Crippen LogP contribution in [0, 0.1) is 0 Å².